The highest BCUT2D eigenvalue weighted by molar-refractivity contribution is 5.79. The van der Waals surface area contributed by atoms with Crippen molar-refractivity contribution in [1.82, 2.24) is 14.9 Å². The van der Waals surface area contributed by atoms with E-state index in [9.17, 15) is 19.1 Å². The molecule has 0 aliphatic carbocycles. The summed E-state index contributed by atoms with van der Waals surface area (Å²) in [7, 11) is 0. The third-order valence-electron chi connectivity index (χ3n) is 3.81. The van der Waals surface area contributed by atoms with Gasteiger partial charge in [-0.2, -0.15) is 0 Å². The molecule has 1 amide bonds. The van der Waals surface area contributed by atoms with E-state index in [-0.39, 0.29) is 18.7 Å². The van der Waals surface area contributed by atoms with Crippen LogP contribution in [0.25, 0.3) is 11.0 Å². The van der Waals surface area contributed by atoms with Gasteiger partial charge >= 0.3 is 0 Å². The summed E-state index contributed by atoms with van der Waals surface area (Å²) in [4.78, 5) is 28.2. The predicted octanol–water partition coefficient (Wildman–Crippen LogP) is 1.39. The first-order valence-corrected chi connectivity index (χ1v) is 7.70. The summed E-state index contributed by atoms with van der Waals surface area (Å²) in [6.45, 7) is -0.372. The summed E-state index contributed by atoms with van der Waals surface area (Å²) >= 11 is 0. The largest absolute Gasteiger partial charge is 0.386 e. The highest BCUT2D eigenvalue weighted by atomic mass is 19.1. The number of amides is 1. The number of benzene rings is 2. The molecule has 0 aliphatic rings. The molecule has 2 aromatic carbocycles. The van der Waals surface area contributed by atoms with Crippen molar-refractivity contribution in [3.05, 3.63) is 76.5 Å². The number of nitrogens with one attached hydrogen (secondary N) is 1. The quantitative estimate of drug-likeness (QED) is 0.734. The number of fused-ring (bicyclic) bond motifs is 1. The molecule has 1 unspecified atom stereocenters. The second-order valence-electron chi connectivity index (χ2n) is 5.51. The minimum atomic E-state index is -1.17. The van der Waals surface area contributed by atoms with Crippen LogP contribution in [0.5, 0.6) is 0 Å². The Bertz CT molecular complexity index is 971. The van der Waals surface area contributed by atoms with E-state index in [1.807, 2.05) is 0 Å². The van der Waals surface area contributed by atoms with Gasteiger partial charge in [-0.25, -0.2) is 9.37 Å². The van der Waals surface area contributed by atoms with Gasteiger partial charge in [0, 0.05) is 12.1 Å². The Balaban J connectivity index is 1.71. The number of para-hydroxylation sites is 2. The second kappa shape index (κ2) is 7.23. The van der Waals surface area contributed by atoms with Crippen molar-refractivity contribution in [1.29, 1.82) is 0 Å². The van der Waals surface area contributed by atoms with Gasteiger partial charge in [-0.3, -0.25) is 14.2 Å². The van der Waals surface area contributed by atoms with E-state index < -0.39 is 23.4 Å². The average molecular weight is 341 g/mol. The van der Waals surface area contributed by atoms with Crippen molar-refractivity contribution in [2.24, 2.45) is 0 Å². The maximum absolute atomic E-state index is 13.6. The fourth-order valence-corrected chi connectivity index (χ4v) is 2.54. The van der Waals surface area contributed by atoms with E-state index in [0.29, 0.717) is 11.0 Å². The van der Waals surface area contributed by atoms with Crippen LogP contribution in [0.1, 0.15) is 11.7 Å². The number of nitrogens with zero attached hydrogens (tertiary/aromatic N) is 2. The van der Waals surface area contributed by atoms with E-state index in [0.717, 1.165) is 6.20 Å². The zero-order valence-corrected chi connectivity index (χ0v) is 13.2. The van der Waals surface area contributed by atoms with Gasteiger partial charge in [0.05, 0.1) is 23.3 Å². The van der Waals surface area contributed by atoms with Crippen molar-refractivity contribution in [2.75, 3.05) is 6.54 Å². The van der Waals surface area contributed by atoms with E-state index in [1.165, 1.54) is 22.8 Å². The fourth-order valence-electron chi connectivity index (χ4n) is 2.54. The minimum absolute atomic E-state index is 0.106. The SMILES string of the molecule is O=C(Cn1c(=O)cnc2ccccc21)NCC(O)c1ccccc1F. The summed E-state index contributed by atoms with van der Waals surface area (Å²) in [5.74, 6) is -1.01. The normalized spacial score (nSPS) is 12.1. The minimum Gasteiger partial charge on any atom is -0.386 e. The van der Waals surface area contributed by atoms with Crippen LogP contribution in [0.3, 0.4) is 0 Å². The third kappa shape index (κ3) is 3.72. The summed E-state index contributed by atoms with van der Waals surface area (Å²) in [5.41, 5.74) is 0.846. The molecule has 0 aliphatic heterocycles. The van der Waals surface area contributed by atoms with E-state index in [2.05, 4.69) is 10.3 Å². The van der Waals surface area contributed by atoms with Crippen LogP contribution in [-0.2, 0) is 11.3 Å². The molecular weight excluding hydrogens is 325 g/mol. The van der Waals surface area contributed by atoms with Crippen molar-refractivity contribution in [3.8, 4) is 0 Å². The first-order valence-electron chi connectivity index (χ1n) is 7.70. The molecule has 128 valence electrons. The van der Waals surface area contributed by atoms with Gasteiger partial charge in [0.15, 0.2) is 0 Å². The van der Waals surface area contributed by atoms with Gasteiger partial charge < -0.3 is 10.4 Å². The van der Waals surface area contributed by atoms with Crippen LogP contribution in [-0.4, -0.2) is 27.1 Å². The molecule has 25 heavy (non-hydrogen) atoms. The molecule has 1 heterocycles. The number of hydrogen-bond acceptors (Lipinski definition) is 4. The van der Waals surface area contributed by atoms with Gasteiger partial charge in [0.2, 0.25) is 5.91 Å². The summed E-state index contributed by atoms with van der Waals surface area (Å²) < 4.78 is 14.9. The Kier molecular flexibility index (Phi) is 4.85. The summed E-state index contributed by atoms with van der Waals surface area (Å²) in [6.07, 6.45) is -0.0138. The first-order chi connectivity index (χ1) is 12.1. The molecule has 1 atom stereocenters. The van der Waals surface area contributed by atoms with Gasteiger partial charge in [-0.15, -0.1) is 0 Å². The molecule has 7 heteroatoms. The Morgan fingerprint density at radius 3 is 2.72 bits per heavy atom. The number of carbonyl (C=O) groups is 1. The molecule has 0 radical (unpaired) electrons. The fraction of sp³-hybridized carbons (Fsp3) is 0.167. The van der Waals surface area contributed by atoms with Gasteiger partial charge in [0.25, 0.3) is 5.56 Å². The zero-order chi connectivity index (χ0) is 17.8. The second-order valence-corrected chi connectivity index (χ2v) is 5.51. The van der Waals surface area contributed by atoms with E-state index in [4.69, 9.17) is 0 Å². The lowest BCUT2D eigenvalue weighted by Crippen LogP contribution is -2.34. The van der Waals surface area contributed by atoms with Crippen LogP contribution in [0, 0.1) is 5.82 Å². The molecule has 0 bridgehead atoms. The Labute approximate surface area is 142 Å². The topological polar surface area (TPSA) is 84.2 Å². The number of aliphatic hydroxyl groups excluding tert-OH is 1. The molecule has 0 saturated carbocycles. The molecule has 2 N–H and O–H groups in total. The van der Waals surface area contributed by atoms with Crippen LogP contribution < -0.4 is 10.9 Å². The van der Waals surface area contributed by atoms with Crippen LogP contribution in [0.2, 0.25) is 0 Å². The number of hydrogen-bond donors (Lipinski definition) is 2. The first kappa shape index (κ1) is 16.8. The standard InChI is InChI=1S/C18H16FN3O3/c19-13-6-2-1-5-12(13)16(23)9-21-17(24)11-22-15-8-4-3-7-14(15)20-10-18(22)25/h1-8,10,16,23H,9,11H2,(H,21,24). The van der Waals surface area contributed by atoms with Gasteiger partial charge in [-0.05, 0) is 18.2 Å². The van der Waals surface area contributed by atoms with Gasteiger partial charge in [0.1, 0.15) is 12.4 Å². The number of rotatable bonds is 5. The van der Waals surface area contributed by atoms with Crippen LogP contribution in [0.4, 0.5) is 4.39 Å². The average Bonchev–Trinajstić information content (AvgIpc) is 2.62. The summed E-state index contributed by atoms with van der Waals surface area (Å²) in [5, 5.41) is 12.5. The smallest absolute Gasteiger partial charge is 0.269 e. The third-order valence-corrected chi connectivity index (χ3v) is 3.81. The van der Waals surface area contributed by atoms with Crippen molar-refractivity contribution in [2.45, 2.75) is 12.6 Å². The molecular formula is C18H16FN3O3. The van der Waals surface area contributed by atoms with Crippen LogP contribution in [0.15, 0.2) is 59.5 Å². The lowest BCUT2D eigenvalue weighted by molar-refractivity contribution is -0.122. The highest BCUT2D eigenvalue weighted by Gasteiger charge is 2.14. The maximum Gasteiger partial charge on any atom is 0.269 e. The Morgan fingerprint density at radius 2 is 1.92 bits per heavy atom. The lowest BCUT2D eigenvalue weighted by atomic mass is 10.1. The lowest BCUT2D eigenvalue weighted by Gasteiger charge is -2.14. The summed E-state index contributed by atoms with van der Waals surface area (Å²) in [6, 6.07) is 12.8. The number of carbonyl (C=O) groups excluding carboxylic acids is 1. The molecule has 0 spiro atoms. The highest BCUT2D eigenvalue weighted by Crippen LogP contribution is 2.15. The molecule has 6 nitrogen and oxygen atoms in total. The predicted molar refractivity (Wildman–Crippen MR) is 90.4 cm³/mol. The Morgan fingerprint density at radius 1 is 1.20 bits per heavy atom. The van der Waals surface area contributed by atoms with Gasteiger partial charge in [-0.1, -0.05) is 30.3 Å². The monoisotopic (exact) mass is 341 g/mol. The van der Waals surface area contributed by atoms with Crippen LogP contribution >= 0.6 is 0 Å². The molecule has 0 saturated heterocycles. The maximum atomic E-state index is 13.6. The van der Waals surface area contributed by atoms with Crippen molar-refractivity contribution < 1.29 is 14.3 Å². The molecule has 3 aromatic rings. The Hall–Kier alpha value is -3.06. The van der Waals surface area contributed by atoms with E-state index >= 15 is 0 Å². The number of halogens is 1. The van der Waals surface area contributed by atoms with Crippen molar-refractivity contribution in [3.63, 3.8) is 0 Å². The number of aromatic nitrogens is 2. The molecule has 0 fully saturated rings. The molecule has 3 rings (SSSR count). The zero-order valence-electron chi connectivity index (χ0n) is 13.2. The number of aliphatic hydroxyl groups is 1. The van der Waals surface area contributed by atoms with Crippen molar-refractivity contribution >= 4 is 16.9 Å². The van der Waals surface area contributed by atoms with E-state index in [1.54, 1.807) is 30.3 Å². The molecule has 1 aromatic heterocycles.